The number of aromatic nitrogens is 2. The molecule has 0 N–H and O–H groups in total. The highest BCUT2D eigenvalue weighted by molar-refractivity contribution is 8.00. The highest BCUT2D eigenvalue weighted by atomic mass is 32.2. The van der Waals surface area contributed by atoms with Crippen molar-refractivity contribution < 1.29 is 4.79 Å². The highest BCUT2D eigenvalue weighted by Gasteiger charge is 2.30. The molecule has 1 atom stereocenters. The van der Waals surface area contributed by atoms with Crippen molar-refractivity contribution in [1.29, 1.82) is 0 Å². The lowest BCUT2D eigenvalue weighted by Gasteiger charge is -2.22. The van der Waals surface area contributed by atoms with Gasteiger partial charge in [0.25, 0.3) is 5.56 Å². The Morgan fingerprint density at radius 2 is 1.81 bits per heavy atom. The molecule has 1 amide bonds. The third-order valence-electron chi connectivity index (χ3n) is 4.79. The van der Waals surface area contributed by atoms with E-state index >= 15 is 0 Å². The Bertz CT molecular complexity index is 1040. The van der Waals surface area contributed by atoms with Crippen molar-refractivity contribution in [3.8, 4) is 0 Å². The van der Waals surface area contributed by atoms with Crippen molar-refractivity contribution in [3.63, 3.8) is 0 Å². The summed E-state index contributed by atoms with van der Waals surface area (Å²) >= 11 is 1.36. The fraction of sp³-hybridized carbons (Fsp3) is 0.286. The van der Waals surface area contributed by atoms with Gasteiger partial charge in [-0.3, -0.25) is 14.2 Å². The van der Waals surface area contributed by atoms with E-state index in [1.165, 1.54) is 11.8 Å². The normalized spacial score (nSPS) is 14.9. The third-order valence-corrected chi connectivity index (χ3v) is 5.85. The number of benzene rings is 2. The van der Waals surface area contributed by atoms with Crippen LogP contribution in [0.3, 0.4) is 0 Å². The largest absolute Gasteiger partial charge is 0.315 e. The number of rotatable bonds is 5. The molecule has 1 fully saturated rings. The zero-order chi connectivity index (χ0) is 19.0. The van der Waals surface area contributed by atoms with Crippen LogP contribution in [0.25, 0.3) is 10.9 Å². The molecule has 1 aliphatic rings. The van der Waals surface area contributed by atoms with Gasteiger partial charge in [0, 0.05) is 18.8 Å². The van der Waals surface area contributed by atoms with E-state index in [9.17, 15) is 9.59 Å². The van der Waals surface area contributed by atoms with Gasteiger partial charge in [0.05, 0.1) is 16.2 Å². The Morgan fingerprint density at radius 1 is 1.15 bits per heavy atom. The molecular weight excluding hydrogens is 358 g/mol. The molecule has 0 radical (unpaired) electrons. The molecule has 6 heteroatoms. The monoisotopic (exact) mass is 379 g/mol. The van der Waals surface area contributed by atoms with Crippen LogP contribution in [0.2, 0.25) is 0 Å². The summed E-state index contributed by atoms with van der Waals surface area (Å²) in [4.78, 5) is 32.2. The Morgan fingerprint density at radius 3 is 2.52 bits per heavy atom. The summed E-state index contributed by atoms with van der Waals surface area (Å²) in [6.07, 6.45) is 1.97. The quantitative estimate of drug-likeness (QED) is 0.499. The van der Waals surface area contributed by atoms with Crippen molar-refractivity contribution in [1.82, 2.24) is 9.55 Å². The number of carbonyl (C=O) groups is 1. The molecule has 1 aliphatic carbocycles. The number of thioether (sulfide) groups is 1. The standard InChI is InChI=1S/C21H21N3O2S/c1-14(19(25)23(2)15-8-4-3-5-9-15)27-21-22-18-11-7-6-10-17(18)20(26)24(21)16-12-13-16/h3-11,14,16H,12-13H2,1-2H3/t14-/m0/s1. The Hall–Kier alpha value is -2.60. The number of anilines is 1. The summed E-state index contributed by atoms with van der Waals surface area (Å²) in [5, 5.41) is 0.908. The van der Waals surface area contributed by atoms with Crippen LogP contribution < -0.4 is 10.5 Å². The van der Waals surface area contributed by atoms with E-state index in [0.29, 0.717) is 16.1 Å². The first-order valence-corrected chi connectivity index (χ1v) is 9.95. The van der Waals surface area contributed by atoms with Gasteiger partial charge < -0.3 is 4.90 Å². The fourth-order valence-corrected chi connectivity index (χ4v) is 4.20. The lowest BCUT2D eigenvalue weighted by Crippen LogP contribution is -2.34. The number of nitrogens with zero attached hydrogens (tertiary/aromatic N) is 3. The first-order valence-electron chi connectivity index (χ1n) is 9.07. The van der Waals surface area contributed by atoms with Gasteiger partial charge in [-0.1, -0.05) is 42.1 Å². The molecule has 1 aromatic heterocycles. The van der Waals surface area contributed by atoms with Crippen LogP contribution in [0.4, 0.5) is 5.69 Å². The molecule has 0 saturated heterocycles. The Labute approximate surface area is 162 Å². The van der Waals surface area contributed by atoms with Crippen molar-refractivity contribution in [3.05, 3.63) is 65.0 Å². The van der Waals surface area contributed by atoms with Gasteiger partial charge in [0.1, 0.15) is 0 Å². The van der Waals surface area contributed by atoms with Crippen molar-refractivity contribution in [2.24, 2.45) is 0 Å². The average molecular weight is 379 g/mol. The molecule has 0 aliphatic heterocycles. The molecule has 1 heterocycles. The number of hydrogen-bond donors (Lipinski definition) is 0. The molecule has 27 heavy (non-hydrogen) atoms. The van der Waals surface area contributed by atoms with Crippen LogP contribution in [-0.4, -0.2) is 27.8 Å². The summed E-state index contributed by atoms with van der Waals surface area (Å²) < 4.78 is 1.78. The first kappa shape index (κ1) is 17.8. The Kier molecular flexibility index (Phi) is 4.74. The number of para-hydroxylation sites is 2. The molecule has 0 bridgehead atoms. The topological polar surface area (TPSA) is 55.2 Å². The second-order valence-electron chi connectivity index (χ2n) is 6.81. The minimum atomic E-state index is -0.353. The van der Waals surface area contributed by atoms with E-state index in [4.69, 9.17) is 4.98 Å². The van der Waals surface area contributed by atoms with Gasteiger partial charge in [0.2, 0.25) is 5.91 Å². The minimum Gasteiger partial charge on any atom is -0.315 e. The van der Waals surface area contributed by atoms with Crippen LogP contribution in [0.5, 0.6) is 0 Å². The van der Waals surface area contributed by atoms with Gasteiger partial charge in [-0.05, 0) is 44.0 Å². The molecule has 0 unspecified atom stereocenters. The fourth-order valence-electron chi connectivity index (χ4n) is 3.12. The molecule has 2 aromatic carbocycles. The van der Waals surface area contributed by atoms with Crippen LogP contribution >= 0.6 is 11.8 Å². The van der Waals surface area contributed by atoms with E-state index in [0.717, 1.165) is 18.5 Å². The maximum Gasteiger partial charge on any atom is 0.262 e. The zero-order valence-corrected chi connectivity index (χ0v) is 16.1. The summed E-state index contributed by atoms with van der Waals surface area (Å²) in [6.45, 7) is 1.87. The van der Waals surface area contributed by atoms with Crippen molar-refractivity contribution in [2.75, 3.05) is 11.9 Å². The minimum absolute atomic E-state index is 0.0123. The summed E-state index contributed by atoms with van der Waals surface area (Å²) in [5.41, 5.74) is 1.51. The summed E-state index contributed by atoms with van der Waals surface area (Å²) in [6, 6.07) is 17.2. The zero-order valence-electron chi connectivity index (χ0n) is 15.3. The highest BCUT2D eigenvalue weighted by Crippen LogP contribution is 2.37. The van der Waals surface area contributed by atoms with Crippen LogP contribution in [0.15, 0.2) is 64.5 Å². The van der Waals surface area contributed by atoms with Crippen LogP contribution in [0.1, 0.15) is 25.8 Å². The lowest BCUT2D eigenvalue weighted by atomic mass is 10.2. The molecule has 5 nitrogen and oxygen atoms in total. The summed E-state index contributed by atoms with van der Waals surface area (Å²) in [7, 11) is 1.77. The van der Waals surface area contributed by atoms with E-state index in [2.05, 4.69) is 0 Å². The molecule has 138 valence electrons. The van der Waals surface area contributed by atoms with Crippen LogP contribution in [-0.2, 0) is 4.79 Å². The molecular formula is C21H21N3O2S. The molecule has 1 saturated carbocycles. The average Bonchev–Trinajstić information content (AvgIpc) is 3.52. The number of hydrogen-bond acceptors (Lipinski definition) is 4. The van der Waals surface area contributed by atoms with Gasteiger partial charge >= 0.3 is 0 Å². The second kappa shape index (κ2) is 7.19. The second-order valence-corrected chi connectivity index (χ2v) is 8.12. The van der Waals surface area contributed by atoms with E-state index in [1.54, 1.807) is 16.5 Å². The smallest absolute Gasteiger partial charge is 0.262 e. The maximum absolute atomic E-state index is 13.0. The molecule has 4 rings (SSSR count). The predicted octanol–water partition coefficient (Wildman–Crippen LogP) is 3.88. The maximum atomic E-state index is 13.0. The van der Waals surface area contributed by atoms with E-state index in [1.807, 2.05) is 61.5 Å². The van der Waals surface area contributed by atoms with Gasteiger partial charge in [-0.25, -0.2) is 4.98 Å². The van der Waals surface area contributed by atoms with Gasteiger partial charge in [0.15, 0.2) is 5.16 Å². The molecule has 0 spiro atoms. The van der Waals surface area contributed by atoms with Crippen molar-refractivity contribution in [2.45, 2.75) is 36.2 Å². The molecule has 3 aromatic rings. The third kappa shape index (κ3) is 3.49. The van der Waals surface area contributed by atoms with Gasteiger partial charge in [-0.15, -0.1) is 0 Å². The number of fused-ring (bicyclic) bond motifs is 1. The first-order chi connectivity index (χ1) is 13.1. The Balaban J connectivity index is 1.65. The van der Waals surface area contributed by atoms with Gasteiger partial charge in [-0.2, -0.15) is 0 Å². The predicted molar refractivity (Wildman–Crippen MR) is 109 cm³/mol. The number of amides is 1. The van der Waals surface area contributed by atoms with E-state index in [-0.39, 0.29) is 22.8 Å². The SMILES string of the molecule is C[C@H](Sc1nc2ccccc2c(=O)n1C1CC1)C(=O)N(C)c1ccccc1. The summed E-state index contributed by atoms with van der Waals surface area (Å²) in [5.74, 6) is -0.0176. The van der Waals surface area contributed by atoms with Crippen molar-refractivity contribution >= 4 is 34.3 Å². The van der Waals surface area contributed by atoms with E-state index < -0.39 is 0 Å². The number of carbonyl (C=O) groups excluding carboxylic acids is 1. The van der Waals surface area contributed by atoms with Crippen LogP contribution in [0, 0.1) is 0 Å². The lowest BCUT2D eigenvalue weighted by molar-refractivity contribution is -0.117.